The van der Waals surface area contributed by atoms with Gasteiger partial charge < -0.3 is 9.40 Å². The fraction of sp³-hybridized carbons (Fsp3) is 0. The summed E-state index contributed by atoms with van der Waals surface area (Å²) in [6, 6.07) is 9.77. The number of benzene rings is 1. The maximum Gasteiger partial charge on any atom is 0.0761 e. The predicted molar refractivity (Wildman–Crippen MR) is 46.6 cm³/mol. The molecular formula is C9H6ClNOZn. The van der Waals surface area contributed by atoms with Gasteiger partial charge in [-0.2, -0.15) is 0 Å². The van der Waals surface area contributed by atoms with Gasteiger partial charge in [-0.25, -0.2) is 0 Å². The average Bonchev–Trinajstić information content (AvgIpc) is 2.75. The van der Waals surface area contributed by atoms with Gasteiger partial charge in [-0.3, -0.25) is 0 Å². The zero-order chi connectivity index (χ0) is 9.52. The molecule has 1 heterocycles. The van der Waals surface area contributed by atoms with Crippen molar-refractivity contribution >= 4 is 9.69 Å². The zero-order valence-corrected chi connectivity index (χ0v) is 10.6. The van der Waals surface area contributed by atoms with Crippen LogP contribution < -0.4 is 0 Å². The van der Waals surface area contributed by atoms with Gasteiger partial charge in [0.2, 0.25) is 0 Å². The van der Waals surface area contributed by atoms with Crippen molar-refractivity contribution in [3.63, 3.8) is 0 Å². The Hall–Kier alpha value is -0.657. The molecule has 0 fully saturated rings. The Kier molecular flexibility index (Phi) is 4.73. The molecule has 0 spiro atoms. The normalized spacial score (nSPS) is 8.85. The van der Waals surface area contributed by atoms with Crippen molar-refractivity contribution in [2.45, 2.75) is 0 Å². The quantitative estimate of drug-likeness (QED) is 0.570. The van der Waals surface area contributed by atoms with Crippen LogP contribution in [-0.4, -0.2) is 4.98 Å². The van der Waals surface area contributed by atoms with E-state index in [1.54, 1.807) is 0 Å². The van der Waals surface area contributed by atoms with Gasteiger partial charge in [-0.05, 0) is 6.20 Å². The summed E-state index contributed by atoms with van der Waals surface area (Å²) in [5.74, 6) is 0.686. The largest absolute Gasteiger partial charge is 0.527 e. The molecule has 0 aliphatic rings. The van der Waals surface area contributed by atoms with Crippen molar-refractivity contribution in [2.24, 2.45) is 0 Å². The minimum atomic E-state index is 0.686. The third kappa shape index (κ3) is 2.94. The van der Waals surface area contributed by atoms with E-state index in [-0.39, 0.29) is 0 Å². The van der Waals surface area contributed by atoms with E-state index in [0.717, 1.165) is 22.9 Å². The molecule has 0 unspecified atom stereocenters. The second-order valence-corrected chi connectivity index (χ2v) is 2.16. The molecule has 0 radical (unpaired) electrons. The molecule has 1 aromatic carbocycles. The van der Waals surface area contributed by atoms with E-state index in [1.165, 1.54) is 6.39 Å². The summed E-state index contributed by atoms with van der Waals surface area (Å²) in [6.45, 7) is 0. The second-order valence-electron chi connectivity index (χ2n) is 2.16. The van der Waals surface area contributed by atoms with Crippen LogP contribution in [0.15, 0.2) is 41.1 Å². The first-order valence-corrected chi connectivity index (χ1v) is 7.50. The molecule has 0 aliphatic carbocycles. The van der Waals surface area contributed by atoms with Crippen LogP contribution in [0.4, 0.5) is 0 Å². The van der Waals surface area contributed by atoms with Gasteiger partial charge in [0, 0.05) is 5.76 Å². The standard InChI is InChI=1S/C9H6NO.ClH.Zn/c1-2-4-8(5-3-1)9-6-10-7-11-9;;/h1-5,7H;1H;/q-1;;+2/p-1. The Morgan fingerprint density at radius 1 is 1.23 bits per heavy atom. The molecule has 0 saturated carbocycles. The van der Waals surface area contributed by atoms with Crippen molar-refractivity contribution in [1.82, 2.24) is 4.98 Å². The smallest absolute Gasteiger partial charge is 0.0761 e. The Bertz CT molecular complexity index is 323. The third-order valence-corrected chi connectivity index (χ3v) is 1.43. The summed E-state index contributed by atoms with van der Waals surface area (Å²) in [4.78, 5) is 3.71. The SMILES string of the molecule is [Cl][Zn+].[c-]1ncoc1-c1ccccc1. The second kappa shape index (κ2) is 5.90. The van der Waals surface area contributed by atoms with Gasteiger partial charge in [0.25, 0.3) is 0 Å². The monoisotopic (exact) mass is 243 g/mol. The molecule has 2 aromatic rings. The summed E-state index contributed by atoms with van der Waals surface area (Å²) >= 11 is 0.847. The number of halogens is 1. The summed E-state index contributed by atoms with van der Waals surface area (Å²) in [5.41, 5.74) is 1.00. The maximum absolute atomic E-state index is 5.05. The molecule has 0 amide bonds. The maximum atomic E-state index is 5.05. The van der Waals surface area contributed by atoms with Gasteiger partial charge >= 0.3 is 27.0 Å². The first kappa shape index (κ1) is 10.4. The van der Waals surface area contributed by atoms with E-state index in [1.807, 2.05) is 30.3 Å². The summed E-state index contributed by atoms with van der Waals surface area (Å²) in [5, 5.41) is 0. The van der Waals surface area contributed by atoms with Crippen molar-refractivity contribution in [2.75, 3.05) is 0 Å². The van der Waals surface area contributed by atoms with E-state index in [9.17, 15) is 0 Å². The Labute approximate surface area is 90.7 Å². The van der Waals surface area contributed by atoms with Crippen LogP contribution in [0.3, 0.4) is 0 Å². The third-order valence-electron chi connectivity index (χ3n) is 1.43. The van der Waals surface area contributed by atoms with E-state index in [0.29, 0.717) is 5.76 Å². The van der Waals surface area contributed by atoms with Crippen molar-refractivity contribution in [3.05, 3.63) is 42.9 Å². The molecule has 62 valence electrons. The van der Waals surface area contributed by atoms with Gasteiger partial charge in [-0.1, -0.05) is 23.8 Å². The number of rotatable bonds is 1. The fourth-order valence-electron chi connectivity index (χ4n) is 0.913. The van der Waals surface area contributed by atoms with Crippen molar-refractivity contribution in [3.8, 4) is 11.3 Å². The number of aromatic nitrogens is 1. The molecule has 2 rings (SSSR count). The summed E-state index contributed by atoms with van der Waals surface area (Å²) < 4.78 is 5.05. The number of hydrogen-bond donors (Lipinski definition) is 0. The van der Waals surface area contributed by atoms with E-state index < -0.39 is 0 Å². The Balaban J connectivity index is 0.000000396. The first-order valence-electron chi connectivity index (χ1n) is 3.60. The van der Waals surface area contributed by atoms with Gasteiger partial charge in [0.05, 0.1) is 6.39 Å². The van der Waals surface area contributed by atoms with Crippen molar-refractivity contribution in [1.29, 1.82) is 0 Å². The molecule has 0 saturated heterocycles. The molecule has 4 heteroatoms. The number of hydrogen-bond acceptors (Lipinski definition) is 2. The predicted octanol–water partition coefficient (Wildman–Crippen LogP) is 2.83. The topological polar surface area (TPSA) is 26.0 Å². The molecule has 0 N–H and O–H groups in total. The average molecular weight is 245 g/mol. The molecule has 13 heavy (non-hydrogen) atoms. The summed E-state index contributed by atoms with van der Waals surface area (Å²) in [7, 11) is 4.76. The minimum absolute atomic E-state index is 0.686. The van der Waals surface area contributed by atoms with Gasteiger partial charge in [0.15, 0.2) is 0 Å². The fourth-order valence-corrected chi connectivity index (χ4v) is 0.913. The van der Waals surface area contributed by atoms with Crippen LogP contribution in [0, 0.1) is 6.20 Å². The number of nitrogens with zero attached hydrogens (tertiary/aromatic N) is 1. The zero-order valence-electron chi connectivity index (χ0n) is 6.90. The van der Waals surface area contributed by atoms with Crippen LogP contribution in [0.1, 0.15) is 0 Å². The van der Waals surface area contributed by atoms with Crippen LogP contribution in [0.25, 0.3) is 11.3 Å². The van der Waals surface area contributed by atoms with Crippen LogP contribution in [0.5, 0.6) is 0 Å². The van der Waals surface area contributed by atoms with E-state index in [4.69, 9.17) is 14.1 Å². The molecule has 2 nitrogen and oxygen atoms in total. The molecule has 1 aromatic heterocycles. The van der Waals surface area contributed by atoms with E-state index >= 15 is 0 Å². The van der Waals surface area contributed by atoms with Gasteiger partial charge in [0.1, 0.15) is 0 Å². The molecule has 0 aliphatic heterocycles. The van der Waals surface area contributed by atoms with E-state index in [2.05, 4.69) is 11.2 Å². The van der Waals surface area contributed by atoms with Crippen LogP contribution in [-0.2, 0) is 17.3 Å². The summed E-state index contributed by atoms with van der Waals surface area (Å²) in [6.07, 6.45) is 4.11. The van der Waals surface area contributed by atoms with Crippen LogP contribution >= 0.6 is 9.69 Å². The first-order chi connectivity index (χ1) is 6.47. The Morgan fingerprint density at radius 2 is 1.92 bits per heavy atom. The van der Waals surface area contributed by atoms with Gasteiger partial charge in [-0.15, -0.1) is 12.1 Å². The molecular weight excluding hydrogens is 239 g/mol. The Morgan fingerprint density at radius 3 is 2.46 bits per heavy atom. The van der Waals surface area contributed by atoms with Crippen LogP contribution in [0.2, 0.25) is 0 Å². The van der Waals surface area contributed by atoms with Crippen molar-refractivity contribution < 1.29 is 21.7 Å². The molecule has 0 atom stereocenters. The molecule has 0 bridgehead atoms. The minimum Gasteiger partial charge on any atom is -0.527 e. The number of oxazole rings is 1.